The standard InChI is InChI=1S/C14H13F3N2O4S.C3H8NO5P.K.H/c1-7-11(13(21)19(2)18-7)12(20)9-5-4-8(14(15,16)17)6-10(9)24(3,22)23;5-3(6)1-4-2-10(7,8)9;;/h4-6,21H,1-3H3;4H,1-2H2,(H,5,6)(H2,7,8,9);;. The van der Waals surface area contributed by atoms with Crippen LogP contribution < -0.4 is 5.32 Å². The molecule has 2 aromatic rings. The Labute approximate surface area is 240 Å². The summed E-state index contributed by atoms with van der Waals surface area (Å²) in [4.78, 5) is 38.0. The third-order valence-corrected chi connectivity index (χ3v) is 5.74. The first kappa shape index (κ1) is 33.9. The molecule has 35 heavy (non-hydrogen) atoms. The monoisotopic (exact) mass is 571 g/mol. The topological polar surface area (TPSA) is 196 Å². The summed E-state index contributed by atoms with van der Waals surface area (Å²) in [7, 11) is -6.85. The SMILES string of the molecule is Cc1nn(C)c(O)c1C(=O)c1ccc(C(F)(F)F)cc1S(C)(=O)=O.O=C(O)CNCP(=O)(O)O.[KH]. The van der Waals surface area contributed by atoms with Crippen molar-refractivity contribution in [3.8, 4) is 5.88 Å². The Bertz CT molecular complexity index is 1240. The number of ketones is 1. The quantitative estimate of drug-likeness (QED) is 0.173. The molecule has 1 heterocycles. The Balaban J connectivity index is 0.000000895. The molecular formula is C17H22F3KN3O9PS. The molecule has 0 saturated heterocycles. The zero-order chi connectivity index (χ0) is 26.6. The van der Waals surface area contributed by atoms with Crippen molar-refractivity contribution in [2.75, 3.05) is 19.1 Å². The molecule has 1 aromatic heterocycles. The maximum atomic E-state index is 12.8. The number of hydrogen-bond donors (Lipinski definition) is 5. The van der Waals surface area contributed by atoms with E-state index in [0.29, 0.717) is 18.4 Å². The van der Waals surface area contributed by atoms with Gasteiger partial charge in [-0.25, -0.2) is 13.1 Å². The fourth-order valence-electron chi connectivity index (χ4n) is 2.55. The van der Waals surface area contributed by atoms with Gasteiger partial charge in [-0.1, -0.05) is 0 Å². The third kappa shape index (κ3) is 10.4. The van der Waals surface area contributed by atoms with Crippen LogP contribution in [0, 0.1) is 6.92 Å². The van der Waals surface area contributed by atoms with Crippen molar-refractivity contribution < 1.29 is 55.7 Å². The van der Waals surface area contributed by atoms with E-state index in [1.54, 1.807) is 0 Å². The number of halogens is 3. The van der Waals surface area contributed by atoms with Crippen LogP contribution in [0.4, 0.5) is 13.2 Å². The Morgan fingerprint density at radius 2 is 1.77 bits per heavy atom. The van der Waals surface area contributed by atoms with Gasteiger partial charge in [-0.2, -0.15) is 18.3 Å². The van der Waals surface area contributed by atoms with Crippen molar-refractivity contribution >= 4 is 80.6 Å². The van der Waals surface area contributed by atoms with Crippen molar-refractivity contribution in [2.24, 2.45) is 7.05 Å². The van der Waals surface area contributed by atoms with Gasteiger partial charge in [0.15, 0.2) is 9.84 Å². The summed E-state index contributed by atoms with van der Waals surface area (Å²) < 4.78 is 73.2. The van der Waals surface area contributed by atoms with Crippen molar-refractivity contribution in [1.29, 1.82) is 0 Å². The zero-order valence-corrected chi connectivity index (χ0v) is 19.6. The van der Waals surface area contributed by atoms with E-state index in [2.05, 4.69) is 10.4 Å². The van der Waals surface area contributed by atoms with Gasteiger partial charge in [0.25, 0.3) is 0 Å². The van der Waals surface area contributed by atoms with Crippen molar-refractivity contribution in [1.82, 2.24) is 15.1 Å². The van der Waals surface area contributed by atoms with Gasteiger partial charge in [-0.15, -0.1) is 0 Å². The molecule has 0 bridgehead atoms. The first-order chi connectivity index (χ1) is 15.3. The van der Waals surface area contributed by atoms with Gasteiger partial charge in [0, 0.05) is 18.9 Å². The number of carboxylic acids is 1. The predicted octanol–water partition coefficient (Wildman–Crippen LogP) is 0.235. The zero-order valence-electron chi connectivity index (χ0n) is 17.9. The van der Waals surface area contributed by atoms with Crippen molar-refractivity contribution in [3.05, 3.63) is 40.6 Å². The van der Waals surface area contributed by atoms with Gasteiger partial charge in [0.1, 0.15) is 5.56 Å². The molecule has 5 N–H and O–H groups in total. The van der Waals surface area contributed by atoms with Crippen LogP contribution in [0.2, 0.25) is 0 Å². The summed E-state index contributed by atoms with van der Waals surface area (Å²) in [5, 5.41) is 23.8. The molecule has 0 atom stereocenters. The number of aliphatic carboxylic acids is 1. The number of sulfone groups is 1. The number of nitrogens with one attached hydrogen (secondary N) is 1. The second kappa shape index (κ2) is 12.9. The van der Waals surface area contributed by atoms with Crippen molar-refractivity contribution in [3.63, 3.8) is 0 Å². The second-order valence-electron chi connectivity index (χ2n) is 6.86. The number of benzene rings is 1. The van der Waals surface area contributed by atoms with E-state index >= 15 is 0 Å². The summed E-state index contributed by atoms with van der Waals surface area (Å²) in [5.74, 6) is -2.57. The minimum atomic E-state index is -4.76. The van der Waals surface area contributed by atoms with E-state index < -0.39 is 70.1 Å². The third-order valence-electron chi connectivity index (χ3n) is 3.97. The van der Waals surface area contributed by atoms with Gasteiger partial charge in [-0.3, -0.25) is 19.5 Å². The summed E-state index contributed by atoms with van der Waals surface area (Å²) >= 11 is 0. The molecule has 12 nitrogen and oxygen atoms in total. The van der Waals surface area contributed by atoms with E-state index in [0.717, 1.165) is 10.7 Å². The van der Waals surface area contributed by atoms with Crippen LogP contribution in [0.3, 0.4) is 0 Å². The van der Waals surface area contributed by atoms with Gasteiger partial charge in [0.05, 0.1) is 29.0 Å². The van der Waals surface area contributed by atoms with Crippen LogP contribution in [0.5, 0.6) is 5.88 Å². The molecule has 18 heteroatoms. The number of rotatable bonds is 7. The number of alkyl halides is 3. The van der Waals surface area contributed by atoms with Gasteiger partial charge >= 0.3 is 71.1 Å². The van der Waals surface area contributed by atoms with Crippen LogP contribution in [-0.2, 0) is 32.4 Å². The molecule has 0 saturated carbocycles. The molecule has 1 aromatic carbocycles. The molecule has 0 aliphatic rings. The predicted molar refractivity (Wildman–Crippen MR) is 117 cm³/mol. The van der Waals surface area contributed by atoms with Gasteiger partial charge < -0.3 is 20.0 Å². The van der Waals surface area contributed by atoms with Gasteiger partial charge in [0.2, 0.25) is 11.7 Å². The molecule has 0 spiro atoms. The van der Waals surface area contributed by atoms with Crippen LogP contribution in [0.15, 0.2) is 23.1 Å². The maximum absolute atomic E-state index is 12.8. The Kier molecular flexibility index (Phi) is 12.5. The Morgan fingerprint density at radius 1 is 1.23 bits per heavy atom. The summed E-state index contributed by atoms with van der Waals surface area (Å²) in [6, 6.07) is 1.81. The molecule has 0 amide bonds. The number of carbonyl (C=O) groups excluding carboxylic acids is 1. The summed E-state index contributed by atoms with van der Waals surface area (Å²) in [5.41, 5.74) is -1.79. The number of aromatic hydroxyl groups is 1. The molecule has 0 aliphatic heterocycles. The van der Waals surface area contributed by atoms with Crippen LogP contribution in [0.1, 0.15) is 27.2 Å². The number of nitrogens with zero attached hydrogens (tertiary/aromatic N) is 2. The van der Waals surface area contributed by atoms with Crippen molar-refractivity contribution in [2.45, 2.75) is 18.0 Å². The number of aryl methyl sites for hydroxylation is 2. The molecule has 0 fully saturated rings. The second-order valence-corrected chi connectivity index (χ2v) is 10.5. The molecule has 0 unspecified atom stereocenters. The first-order valence-electron chi connectivity index (χ1n) is 8.91. The van der Waals surface area contributed by atoms with E-state index in [1.807, 2.05) is 0 Å². The molecule has 0 aliphatic carbocycles. The number of carbonyl (C=O) groups is 2. The van der Waals surface area contributed by atoms with Crippen LogP contribution in [0.25, 0.3) is 0 Å². The molecular weight excluding hydrogens is 549 g/mol. The average Bonchev–Trinajstić information content (AvgIpc) is 2.90. The molecule has 192 valence electrons. The van der Waals surface area contributed by atoms with E-state index in [4.69, 9.17) is 14.9 Å². The number of aromatic nitrogens is 2. The number of hydrogen-bond acceptors (Lipinski definition) is 8. The fraction of sp³-hybridized carbons (Fsp3) is 0.353. The van der Waals surface area contributed by atoms with Gasteiger partial charge in [-0.05, 0) is 25.1 Å². The molecule has 0 radical (unpaired) electrons. The Hall–Kier alpha value is -1.14. The summed E-state index contributed by atoms with van der Waals surface area (Å²) in [6.45, 7) is 0.974. The number of carboxylic acid groups (broad SMARTS) is 1. The Morgan fingerprint density at radius 3 is 2.14 bits per heavy atom. The van der Waals surface area contributed by atoms with E-state index in [-0.39, 0.29) is 62.6 Å². The fourth-order valence-corrected chi connectivity index (χ4v) is 3.85. The molecule has 2 rings (SSSR count). The van der Waals surface area contributed by atoms with Crippen LogP contribution >= 0.6 is 7.60 Å². The normalized spacial score (nSPS) is 11.8. The van der Waals surface area contributed by atoms with E-state index in [1.165, 1.54) is 14.0 Å². The van der Waals surface area contributed by atoms with E-state index in [9.17, 15) is 40.8 Å². The minimum absolute atomic E-state index is 0. The first-order valence-corrected chi connectivity index (χ1v) is 12.6. The average molecular weight is 572 g/mol. The summed E-state index contributed by atoms with van der Waals surface area (Å²) in [6.07, 6.45) is -4.65. The van der Waals surface area contributed by atoms with Crippen LogP contribution in [-0.4, -0.2) is 120 Å².